The fourth-order valence-corrected chi connectivity index (χ4v) is 2.74. The van der Waals surface area contributed by atoms with E-state index in [2.05, 4.69) is 43.2 Å². The molecular formula is C18H25N3O2. The van der Waals surface area contributed by atoms with Gasteiger partial charge in [0.15, 0.2) is 0 Å². The van der Waals surface area contributed by atoms with Gasteiger partial charge >= 0.3 is 0 Å². The summed E-state index contributed by atoms with van der Waals surface area (Å²) >= 11 is 0. The van der Waals surface area contributed by atoms with E-state index in [-0.39, 0.29) is 12.0 Å². The van der Waals surface area contributed by atoms with Crippen molar-refractivity contribution in [3.05, 3.63) is 41.2 Å². The predicted molar refractivity (Wildman–Crippen MR) is 88.6 cm³/mol. The second-order valence-corrected chi connectivity index (χ2v) is 7.20. The minimum Gasteiger partial charge on any atom is -0.492 e. The number of benzene rings is 1. The molecule has 1 aromatic heterocycles. The summed E-state index contributed by atoms with van der Waals surface area (Å²) < 4.78 is 7.71. The molecule has 0 atom stereocenters. The molecule has 1 heterocycles. The third kappa shape index (κ3) is 3.72. The standard InChI is InChI=1S/C18H25N3O2/c1-18(2,3)14-6-8-15(9-7-14)23-11-10-21-17(13-4-5-13)16(12-22)19-20-21/h6-9,13,22H,4-5,10-12H2,1-3H3. The average Bonchev–Trinajstić information content (AvgIpc) is 3.27. The summed E-state index contributed by atoms with van der Waals surface area (Å²) in [4.78, 5) is 0. The summed E-state index contributed by atoms with van der Waals surface area (Å²) in [5, 5.41) is 17.6. The van der Waals surface area contributed by atoms with Crippen molar-refractivity contribution in [2.45, 2.75) is 58.1 Å². The lowest BCUT2D eigenvalue weighted by Gasteiger charge is -2.19. The van der Waals surface area contributed by atoms with Gasteiger partial charge in [-0.1, -0.05) is 38.1 Å². The third-order valence-electron chi connectivity index (χ3n) is 4.25. The molecule has 1 aliphatic rings. The molecule has 1 fully saturated rings. The number of hydrogen-bond acceptors (Lipinski definition) is 4. The van der Waals surface area contributed by atoms with Gasteiger partial charge in [0, 0.05) is 5.92 Å². The third-order valence-corrected chi connectivity index (χ3v) is 4.25. The van der Waals surface area contributed by atoms with Crippen molar-refractivity contribution in [3.8, 4) is 5.75 Å². The van der Waals surface area contributed by atoms with Gasteiger partial charge in [-0.15, -0.1) is 5.10 Å². The molecule has 0 unspecified atom stereocenters. The molecule has 0 aliphatic heterocycles. The van der Waals surface area contributed by atoms with Gasteiger partial charge in [-0.3, -0.25) is 0 Å². The molecule has 5 nitrogen and oxygen atoms in total. The van der Waals surface area contributed by atoms with Crippen LogP contribution in [-0.4, -0.2) is 26.7 Å². The molecule has 124 valence electrons. The predicted octanol–water partition coefficient (Wildman–Crippen LogP) is 3.02. The SMILES string of the molecule is CC(C)(C)c1ccc(OCCn2nnc(CO)c2C2CC2)cc1. The van der Waals surface area contributed by atoms with Crippen molar-refractivity contribution < 1.29 is 9.84 Å². The van der Waals surface area contributed by atoms with Gasteiger partial charge in [-0.05, 0) is 36.0 Å². The average molecular weight is 315 g/mol. The summed E-state index contributed by atoms with van der Waals surface area (Å²) in [7, 11) is 0. The van der Waals surface area contributed by atoms with Crippen LogP contribution in [0.1, 0.15) is 56.5 Å². The van der Waals surface area contributed by atoms with Crippen LogP contribution in [0, 0.1) is 0 Å². The van der Waals surface area contributed by atoms with Gasteiger partial charge < -0.3 is 9.84 Å². The van der Waals surface area contributed by atoms with Crippen LogP contribution in [0.2, 0.25) is 0 Å². The summed E-state index contributed by atoms with van der Waals surface area (Å²) in [6.45, 7) is 7.76. The minimum absolute atomic E-state index is 0.0407. The molecule has 5 heteroatoms. The van der Waals surface area contributed by atoms with Crippen LogP contribution in [-0.2, 0) is 18.6 Å². The Labute approximate surface area is 137 Å². The number of aliphatic hydroxyl groups is 1. The molecule has 3 rings (SSSR count). The quantitative estimate of drug-likeness (QED) is 0.890. The molecule has 0 bridgehead atoms. The smallest absolute Gasteiger partial charge is 0.119 e. The van der Waals surface area contributed by atoms with Crippen molar-refractivity contribution in [2.24, 2.45) is 0 Å². The van der Waals surface area contributed by atoms with E-state index in [9.17, 15) is 5.11 Å². The number of ether oxygens (including phenoxy) is 1. The maximum atomic E-state index is 9.36. The largest absolute Gasteiger partial charge is 0.492 e. The van der Waals surface area contributed by atoms with E-state index in [1.165, 1.54) is 5.56 Å². The van der Waals surface area contributed by atoms with E-state index < -0.39 is 0 Å². The molecule has 0 amide bonds. The lowest BCUT2D eigenvalue weighted by atomic mass is 9.87. The molecule has 1 aromatic carbocycles. The highest BCUT2D eigenvalue weighted by Gasteiger charge is 2.30. The molecule has 0 spiro atoms. The van der Waals surface area contributed by atoms with Gasteiger partial charge in [0.1, 0.15) is 18.1 Å². The normalized spacial score (nSPS) is 15.0. The Morgan fingerprint density at radius 3 is 2.48 bits per heavy atom. The van der Waals surface area contributed by atoms with Gasteiger partial charge in [-0.2, -0.15) is 0 Å². The van der Waals surface area contributed by atoms with Crippen molar-refractivity contribution >= 4 is 0 Å². The van der Waals surface area contributed by atoms with Crippen LogP contribution >= 0.6 is 0 Å². The Hall–Kier alpha value is -1.88. The van der Waals surface area contributed by atoms with Gasteiger partial charge in [-0.25, -0.2) is 4.68 Å². The van der Waals surface area contributed by atoms with E-state index in [0.29, 0.717) is 24.8 Å². The van der Waals surface area contributed by atoms with Crippen LogP contribution < -0.4 is 4.74 Å². The second kappa shape index (κ2) is 6.32. The zero-order chi connectivity index (χ0) is 16.4. The molecule has 2 aromatic rings. The highest BCUT2D eigenvalue weighted by atomic mass is 16.5. The summed E-state index contributed by atoms with van der Waals surface area (Å²) in [6.07, 6.45) is 2.32. The maximum Gasteiger partial charge on any atom is 0.119 e. The molecule has 1 aliphatic carbocycles. The van der Waals surface area contributed by atoms with E-state index >= 15 is 0 Å². The number of hydrogen-bond donors (Lipinski definition) is 1. The number of nitrogens with zero attached hydrogens (tertiary/aromatic N) is 3. The van der Waals surface area contributed by atoms with E-state index in [4.69, 9.17) is 4.74 Å². The first kappa shape index (κ1) is 16.0. The molecular weight excluding hydrogens is 290 g/mol. The van der Waals surface area contributed by atoms with Crippen LogP contribution in [0.15, 0.2) is 24.3 Å². The van der Waals surface area contributed by atoms with Crippen LogP contribution in [0.4, 0.5) is 0 Å². The highest BCUT2D eigenvalue weighted by Crippen LogP contribution is 2.41. The summed E-state index contributed by atoms with van der Waals surface area (Å²) in [6, 6.07) is 8.26. The first-order chi connectivity index (χ1) is 11.0. The molecule has 23 heavy (non-hydrogen) atoms. The fourth-order valence-electron chi connectivity index (χ4n) is 2.74. The number of rotatable bonds is 6. The number of aliphatic hydroxyl groups excluding tert-OH is 1. The first-order valence-corrected chi connectivity index (χ1v) is 8.25. The van der Waals surface area contributed by atoms with E-state index in [1.807, 2.05) is 16.8 Å². The molecule has 0 saturated heterocycles. The van der Waals surface area contributed by atoms with Gasteiger partial charge in [0.2, 0.25) is 0 Å². The lowest BCUT2D eigenvalue weighted by molar-refractivity contribution is 0.274. The Morgan fingerprint density at radius 2 is 1.91 bits per heavy atom. The zero-order valence-electron chi connectivity index (χ0n) is 14.1. The Kier molecular flexibility index (Phi) is 4.39. The Bertz CT molecular complexity index is 652. The summed E-state index contributed by atoms with van der Waals surface area (Å²) in [5.41, 5.74) is 3.24. The van der Waals surface area contributed by atoms with Crippen LogP contribution in [0.3, 0.4) is 0 Å². The molecule has 1 N–H and O–H groups in total. The molecule has 1 saturated carbocycles. The zero-order valence-corrected chi connectivity index (χ0v) is 14.1. The second-order valence-electron chi connectivity index (χ2n) is 7.20. The highest BCUT2D eigenvalue weighted by molar-refractivity contribution is 5.31. The van der Waals surface area contributed by atoms with E-state index in [1.54, 1.807) is 0 Å². The first-order valence-electron chi connectivity index (χ1n) is 8.25. The van der Waals surface area contributed by atoms with Crippen LogP contribution in [0.25, 0.3) is 0 Å². The molecule has 0 radical (unpaired) electrons. The van der Waals surface area contributed by atoms with Crippen molar-refractivity contribution in [3.63, 3.8) is 0 Å². The monoisotopic (exact) mass is 315 g/mol. The Balaban J connectivity index is 1.58. The maximum absolute atomic E-state index is 9.36. The van der Waals surface area contributed by atoms with E-state index in [0.717, 1.165) is 24.3 Å². The van der Waals surface area contributed by atoms with Gasteiger partial charge in [0.25, 0.3) is 0 Å². The topological polar surface area (TPSA) is 60.2 Å². The minimum atomic E-state index is -0.0407. The van der Waals surface area contributed by atoms with Crippen LogP contribution in [0.5, 0.6) is 5.75 Å². The number of aromatic nitrogens is 3. The van der Waals surface area contributed by atoms with Crippen molar-refractivity contribution in [1.82, 2.24) is 15.0 Å². The fraction of sp³-hybridized carbons (Fsp3) is 0.556. The lowest BCUT2D eigenvalue weighted by Crippen LogP contribution is -2.13. The summed E-state index contributed by atoms with van der Waals surface area (Å²) in [5.74, 6) is 1.38. The van der Waals surface area contributed by atoms with Crippen molar-refractivity contribution in [2.75, 3.05) is 6.61 Å². The van der Waals surface area contributed by atoms with Crippen molar-refractivity contribution in [1.29, 1.82) is 0 Å². The Morgan fingerprint density at radius 1 is 1.22 bits per heavy atom. The van der Waals surface area contributed by atoms with Gasteiger partial charge in [0.05, 0.1) is 18.8 Å².